The number of Topliss-reactive ketones (excluding diaryl/α,β-unsaturated/α-hetero) is 1. The molecule has 37 heavy (non-hydrogen) atoms. The van der Waals surface area contributed by atoms with E-state index in [-0.39, 0.29) is 12.6 Å². The van der Waals surface area contributed by atoms with E-state index in [2.05, 4.69) is 6.92 Å². The van der Waals surface area contributed by atoms with Crippen LogP contribution in [0.2, 0.25) is 0 Å². The second kappa shape index (κ2) is 25.1. The Bertz CT molecular complexity index is 549. The van der Waals surface area contributed by atoms with Crippen molar-refractivity contribution in [2.24, 2.45) is 0 Å². The summed E-state index contributed by atoms with van der Waals surface area (Å²) in [5, 5.41) is 64.1. The van der Waals surface area contributed by atoms with Gasteiger partial charge in [0, 0.05) is 13.5 Å². The van der Waals surface area contributed by atoms with E-state index >= 15 is 0 Å². The quantitative estimate of drug-likeness (QED) is 0.0734. The van der Waals surface area contributed by atoms with Crippen LogP contribution in [-0.2, 0) is 14.3 Å². The van der Waals surface area contributed by atoms with Crippen LogP contribution in [0.3, 0.4) is 0 Å². The van der Waals surface area contributed by atoms with Gasteiger partial charge in [-0.15, -0.1) is 0 Å². The maximum Gasteiger partial charge on any atom is 0.332 e. The van der Waals surface area contributed by atoms with Gasteiger partial charge in [0.2, 0.25) is 0 Å². The highest BCUT2D eigenvalue weighted by molar-refractivity contribution is 5.86. The monoisotopic (exact) mass is 541 g/mol. The molecular formula is C26H55NO10. The number of hydrogen-bond acceptors (Lipinski definition) is 10. The lowest BCUT2D eigenvalue weighted by Crippen LogP contribution is -2.59. The van der Waals surface area contributed by atoms with E-state index in [4.69, 9.17) is 20.1 Å². The van der Waals surface area contributed by atoms with Gasteiger partial charge in [-0.1, -0.05) is 90.4 Å². The number of methoxy groups -OCH3 is 1. The normalized spacial score (nSPS) is 15.8. The van der Waals surface area contributed by atoms with Gasteiger partial charge in [-0.2, -0.15) is 0 Å². The minimum atomic E-state index is -2.61. The van der Waals surface area contributed by atoms with E-state index in [1.54, 1.807) is 0 Å². The lowest BCUT2D eigenvalue weighted by Gasteiger charge is -2.34. The average molecular weight is 542 g/mol. The number of aliphatic hydroxyl groups is 6. The zero-order chi connectivity index (χ0) is 28.0. The molecular weight excluding hydrogens is 486 g/mol. The van der Waals surface area contributed by atoms with Gasteiger partial charge >= 0.3 is 5.97 Å². The van der Waals surface area contributed by atoms with Crippen molar-refractivity contribution >= 4 is 11.8 Å². The Labute approximate surface area is 222 Å². The number of carbonyl (C=O) groups is 2. The highest BCUT2D eigenvalue weighted by Crippen LogP contribution is 2.22. The van der Waals surface area contributed by atoms with E-state index in [1.165, 1.54) is 71.1 Å². The maximum atomic E-state index is 12.3. The molecule has 0 saturated heterocycles. The van der Waals surface area contributed by atoms with Gasteiger partial charge in [-0.05, 0) is 13.3 Å². The third-order valence-electron chi connectivity index (χ3n) is 6.13. The molecule has 5 atom stereocenters. The van der Waals surface area contributed by atoms with Crippen molar-refractivity contribution in [2.75, 3.05) is 13.7 Å². The summed E-state index contributed by atoms with van der Waals surface area (Å²) in [4.78, 5) is 21.7. The van der Waals surface area contributed by atoms with Crippen molar-refractivity contribution in [3.8, 4) is 0 Å². The number of ether oxygens (including phenoxy) is 1. The Morgan fingerprint density at radius 3 is 1.43 bits per heavy atom. The highest BCUT2D eigenvalue weighted by Gasteiger charge is 2.48. The minimum Gasteiger partial charge on any atom is -0.479 e. The van der Waals surface area contributed by atoms with Crippen molar-refractivity contribution in [3.05, 3.63) is 0 Å². The number of aliphatic carboxylic acids is 1. The molecule has 0 saturated carbocycles. The van der Waals surface area contributed by atoms with Crippen LogP contribution in [0.1, 0.15) is 110 Å². The van der Waals surface area contributed by atoms with Crippen LogP contribution in [0.25, 0.3) is 0 Å². The predicted molar refractivity (Wildman–Crippen MR) is 141 cm³/mol. The fourth-order valence-corrected chi connectivity index (χ4v) is 3.61. The summed E-state index contributed by atoms with van der Waals surface area (Å²) in [6, 6.07) is 0. The third-order valence-corrected chi connectivity index (χ3v) is 6.13. The average Bonchev–Trinajstić information content (AvgIpc) is 2.86. The summed E-state index contributed by atoms with van der Waals surface area (Å²) in [6.45, 7) is 2.62. The molecule has 0 aliphatic rings. The lowest BCUT2D eigenvalue weighted by molar-refractivity contribution is -0.257. The molecule has 0 aromatic heterocycles. The first-order chi connectivity index (χ1) is 17.0. The van der Waals surface area contributed by atoms with Crippen LogP contribution in [-0.4, -0.2) is 91.4 Å². The molecule has 11 nitrogen and oxygen atoms in total. The Morgan fingerprint density at radius 2 is 1.14 bits per heavy atom. The highest BCUT2D eigenvalue weighted by atomic mass is 16.6. The Kier molecular flexibility index (Phi) is 27.4. The number of hydrogen-bond donors (Lipinski definition) is 8. The molecule has 10 N–H and O–H groups in total. The van der Waals surface area contributed by atoms with Crippen molar-refractivity contribution in [3.63, 3.8) is 0 Å². The summed E-state index contributed by atoms with van der Waals surface area (Å²) < 4.78 is 4.75. The van der Waals surface area contributed by atoms with Crippen molar-refractivity contribution < 1.29 is 50.1 Å². The minimum absolute atomic E-state index is 0. The topological polar surface area (TPSA) is 220 Å². The molecule has 0 radical (unpaired) electrons. The molecule has 0 aliphatic heterocycles. The van der Waals surface area contributed by atoms with Crippen LogP contribution in [0.4, 0.5) is 0 Å². The maximum absolute atomic E-state index is 12.3. The molecule has 0 bridgehead atoms. The van der Waals surface area contributed by atoms with Gasteiger partial charge in [0.15, 0.2) is 5.78 Å². The largest absolute Gasteiger partial charge is 0.479 e. The van der Waals surface area contributed by atoms with Gasteiger partial charge in [-0.25, -0.2) is 4.79 Å². The summed E-state index contributed by atoms with van der Waals surface area (Å²) in [5.74, 6) is -4.54. The van der Waals surface area contributed by atoms with Crippen LogP contribution in [0, 0.1) is 0 Å². The van der Waals surface area contributed by atoms with Gasteiger partial charge in [0.05, 0.1) is 6.61 Å². The van der Waals surface area contributed by atoms with Crippen LogP contribution >= 0.6 is 0 Å². The first-order valence-corrected chi connectivity index (χ1v) is 13.4. The lowest BCUT2D eigenvalue weighted by atomic mass is 9.93. The zero-order valence-corrected chi connectivity index (χ0v) is 23.2. The van der Waals surface area contributed by atoms with Gasteiger partial charge < -0.3 is 46.6 Å². The summed E-state index contributed by atoms with van der Waals surface area (Å²) >= 11 is 0. The summed E-state index contributed by atoms with van der Waals surface area (Å²) in [5.41, 5.74) is 0. The molecule has 0 spiro atoms. The van der Waals surface area contributed by atoms with Gasteiger partial charge in [0.25, 0.3) is 5.79 Å². The first-order valence-electron chi connectivity index (χ1n) is 13.4. The SMILES string of the molecule is CC(O)C(=O)O.CCCCCCCCCCCCCCCCC(=O)C(O)(OC)C(O)C(O)C(O)CO.N. The van der Waals surface area contributed by atoms with Crippen molar-refractivity contribution in [1.29, 1.82) is 0 Å². The summed E-state index contributed by atoms with van der Waals surface area (Å²) in [6.07, 6.45) is 9.73. The van der Waals surface area contributed by atoms with Crippen LogP contribution in [0.5, 0.6) is 0 Å². The number of carbonyl (C=O) groups excluding carboxylic acids is 1. The number of carboxylic acids is 1. The van der Waals surface area contributed by atoms with Crippen LogP contribution < -0.4 is 6.15 Å². The molecule has 11 heteroatoms. The van der Waals surface area contributed by atoms with E-state index in [1.807, 2.05) is 0 Å². The smallest absolute Gasteiger partial charge is 0.332 e. The summed E-state index contributed by atoms with van der Waals surface area (Å²) in [7, 11) is 1.05. The second-order valence-electron chi connectivity index (χ2n) is 9.37. The number of ketones is 1. The predicted octanol–water partition coefficient (Wildman–Crippen LogP) is 2.45. The molecule has 0 aromatic carbocycles. The Morgan fingerprint density at radius 1 is 0.784 bits per heavy atom. The number of unbranched alkanes of at least 4 members (excludes halogenated alkanes) is 13. The Hall–Kier alpha value is -1.18. The fourth-order valence-electron chi connectivity index (χ4n) is 3.61. The standard InChI is InChI=1S/C23H46O7.C3H6O3.H3N/c1-3-4-5-6-7-8-9-10-11-12-13-14-15-16-17-20(26)23(29,30-2)22(28)21(27)19(25)18-24;1-2(4)3(5)6;/h19,21-22,24-25,27-29H,3-18H2,1-2H3;2,4H,1H3,(H,5,6);1H3. The molecule has 0 aromatic rings. The number of carboxylic acid groups (broad SMARTS) is 1. The number of rotatable bonds is 22. The van der Waals surface area contributed by atoms with Crippen LogP contribution in [0.15, 0.2) is 0 Å². The van der Waals surface area contributed by atoms with E-state index < -0.39 is 48.6 Å². The molecule has 0 heterocycles. The van der Waals surface area contributed by atoms with Gasteiger partial charge in [-0.3, -0.25) is 4.79 Å². The Balaban J connectivity index is -0.00000146. The van der Waals surface area contributed by atoms with E-state index in [9.17, 15) is 30.0 Å². The fraction of sp³-hybridized carbons (Fsp3) is 0.923. The molecule has 0 aliphatic carbocycles. The second-order valence-corrected chi connectivity index (χ2v) is 9.37. The molecule has 0 rings (SSSR count). The van der Waals surface area contributed by atoms with E-state index in [0.717, 1.165) is 26.4 Å². The van der Waals surface area contributed by atoms with E-state index in [0.29, 0.717) is 6.42 Å². The third kappa shape index (κ3) is 19.5. The van der Waals surface area contributed by atoms with Crippen molar-refractivity contribution in [2.45, 2.75) is 140 Å². The molecule has 0 fully saturated rings. The first kappa shape index (κ1) is 40.3. The zero-order valence-electron chi connectivity index (χ0n) is 23.2. The molecule has 224 valence electrons. The van der Waals surface area contributed by atoms with Gasteiger partial charge in [0.1, 0.15) is 24.4 Å². The molecule has 5 unspecified atom stereocenters. The molecule has 0 amide bonds. The van der Waals surface area contributed by atoms with Crippen molar-refractivity contribution in [1.82, 2.24) is 6.15 Å². The number of aliphatic hydroxyl groups excluding tert-OH is 5.